The van der Waals surface area contributed by atoms with Crippen molar-refractivity contribution >= 4 is 15.9 Å². The van der Waals surface area contributed by atoms with E-state index in [0.717, 1.165) is 25.7 Å². The summed E-state index contributed by atoms with van der Waals surface area (Å²) in [5.41, 5.74) is 5.37. The van der Waals surface area contributed by atoms with Gasteiger partial charge in [-0.3, -0.25) is 4.79 Å². The number of sulfonamides is 1. The van der Waals surface area contributed by atoms with Crippen LogP contribution in [0.4, 0.5) is 0 Å². The molecule has 1 aliphatic carbocycles. The molecule has 0 radical (unpaired) electrons. The minimum absolute atomic E-state index is 0.0183. The summed E-state index contributed by atoms with van der Waals surface area (Å²) in [4.78, 5) is 11.9. The summed E-state index contributed by atoms with van der Waals surface area (Å²) in [7, 11) is -3.50. The molecule has 0 aromatic carbocycles. The second kappa shape index (κ2) is 8.07. The lowest BCUT2D eigenvalue weighted by Gasteiger charge is -2.28. The van der Waals surface area contributed by atoms with Crippen molar-refractivity contribution in [2.75, 3.05) is 25.4 Å². The lowest BCUT2D eigenvalue weighted by atomic mass is 9.98. The SMILES string of the molecule is CC(C)OCCS(=O)(=O)NCC(=O)NC1(CN)CCCC1. The maximum Gasteiger partial charge on any atom is 0.235 e. The van der Waals surface area contributed by atoms with Gasteiger partial charge in [-0.25, -0.2) is 13.1 Å². The molecule has 0 aliphatic heterocycles. The van der Waals surface area contributed by atoms with Crippen LogP contribution in [-0.4, -0.2) is 51.4 Å². The predicted octanol–water partition coefficient (Wildman–Crippen LogP) is -0.281. The molecule has 0 atom stereocenters. The highest BCUT2D eigenvalue weighted by atomic mass is 32.2. The molecule has 1 rings (SSSR count). The number of rotatable bonds is 9. The highest BCUT2D eigenvalue weighted by Crippen LogP contribution is 2.28. The molecule has 0 spiro atoms. The van der Waals surface area contributed by atoms with E-state index < -0.39 is 10.0 Å². The Kier molecular flexibility index (Phi) is 7.05. The van der Waals surface area contributed by atoms with Gasteiger partial charge in [0.05, 0.1) is 30.5 Å². The number of nitrogens with one attached hydrogen (secondary N) is 2. The molecule has 0 saturated heterocycles. The van der Waals surface area contributed by atoms with Crippen LogP contribution in [0.25, 0.3) is 0 Å². The molecule has 0 bridgehead atoms. The topological polar surface area (TPSA) is 111 Å². The molecule has 21 heavy (non-hydrogen) atoms. The lowest BCUT2D eigenvalue weighted by molar-refractivity contribution is -0.121. The third kappa shape index (κ3) is 6.73. The summed E-state index contributed by atoms with van der Waals surface area (Å²) >= 11 is 0. The fourth-order valence-corrected chi connectivity index (χ4v) is 3.22. The highest BCUT2D eigenvalue weighted by molar-refractivity contribution is 7.89. The number of hydrogen-bond acceptors (Lipinski definition) is 5. The molecule has 1 fully saturated rings. The first kappa shape index (κ1) is 18.3. The van der Waals surface area contributed by atoms with Crippen molar-refractivity contribution in [3.05, 3.63) is 0 Å². The molecular weight excluding hydrogens is 294 g/mol. The van der Waals surface area contributed by atoms with Crippen molar-refractivity contribution in [1.82, 2.24) is 10.0 Å². The minimum Gasteiger partial charge on any atom is -0.378 e. The second-order valence-corrected chi connectivity index (χ2v) is 7.73. The largest absolute Gasteiger partial charge is 0.378 e. The van der Waals surface area contributed by atoms with E-state index >= 15 is 0 Å². The summed E-state index contributed by atoms with van der Waals surface area (Å²) in [5, 5.41) is 2.87. The molecule has 7 nitrogen and oxygen atoms in total. The monoisotopic (exact) mass is 321 g/mol. The molecule has 0 unspecified atom stereocenters. The molecule has 1 amide bonds. The summed E-state index contributed by atoms with van der Waals surface area (Å²) in [6.45, 7) is 3.91. The van der Waals surface area contributed by atoms with Gasteiger partial charge < -0.3 is 15.8 Å². The van der Waals surface area contributed by atoms with Gasteiger partial charge in [-0.1, -0.05) is 12.8 Å². The van der Waals surface area contributed by atoms with E-state index in [9.17, 15) is 13.2 Å². The van der Waals surface area contributed by atoms with E-state index in [4.69, 9.17) is 10.5 Å². The van der Waals surface area contributed by atoms with E-state index in [0.29, 0.717) is 6.54 Å². The molecule has 8 heteroatoms. The quantitative estimate of drug-likeness (QED) is 0.541. The summed E-state index contributed by atoms with van der Waals surface area (Å²) in [5.74, 6) is -0.490. The van der Waals surface area contributed by atoms with Gasteiger partial charge in [0.25, 0.3) is 0 Å². The Morgan fingerprint density at radius 1 is 1.33 bits per heavy atom. The predicted molar refractivity (Wildman–Crippen MR) is 81.3 cm³/mol. The second-order valence-electron chi connectivity index (χ2n) is 5.80. The zero-order chi connectivity index (χ0) is 15.9. The van der Waals surface area contributed by atoms with Gasteiger partial charge in [0.1, 0.15) is 0 Å². The van der Waals surface area contributed by atoms with Crippen molar-refractivity contribution in [3.8, 4) is 0 Å². The van der Waals surface area contributed by atoms with Crippen LogP contribution >= 0.6 is 0 Å². The zero-order valence-electron chi connectivity index (χ0n) is 12.9. The number of amides is 1. The maximum absolute atomic E-state index is 11.9. The van der Waals surface area contributed by atoms with Crippen LogP contribution in [0, 0.1) is 0 Å². The molecule has 0 aromatic heterocycles. The van der Waals surface area contributed by atoms with Gasteiger partial charge in [0.2, 0.25) is 15.9 Å². The minimum atomic E-state index is -3.50. The summed E-state index contributed by atoms with van der Waals surface area (Å²) < 4.78 is 30.9. The Balaban J connectivity index is 2.34. The molecule has 1 aliphatic rings. The molecule has 1 saturated carbocycles. The number of carbonyl (C=O) groups is 1. The van der Waals surface area contributed by atoms with Crippen LogP contribution in [-0.2, 0) is 19.6 Å². The van der Waals surface area contributed by atoms with Crippen LogP contribution in [0.1, 0.15) is 39.5 Å². The fourth-order valence-electron chi connectivity index (χ4n) is 2.41. The smallest absolute Gasteiger partial charge is 0.235 e. The van der Waals surface area contributed by atoms with Gasteiger partial charge >= 0.3 is 0 Å². The third-order valence-electron chi connectivity index (χ3n) is 3.61. The summed E-state index contributed by atoms with van der Waals surface area (Å²) in [6, 6.07) is 0. The van der Waals surface area contributed by atoms with Crippen LogP contribution in [0.3, 0.4) is 0 Å². The van der Waals surface area contributed by atoms with E-state index in [1.165, 1.54) is 0 Å². The third-order valence-corrected chi connectivity index (χ3v) is 4.90. The van der Waals surface area contributed by atoms with Gasteiger partial charge in [-0.05, 0) is 26.7 Å². The van der Waals surface area contributed by atoms with Crippen molar-refractivity contribution in [2.24, 2.45) is 5.73 Å². The number of nitrogens with two attached hydrogens (primary N) is 1. The van der Waals surface area contributed by atoms with Gasteiger partial charge in [0.15, 0.2) is 0 Å². The average Bonchev–Trinajstić information content (AvgIpc) is 2.85. The van der Waals surface area contributed by atoms with Crippen molar-refractivity contribution in [1.29, 1.82) is 0 Å². The van der Waals surface area contributed by atoms with Crippen LogP contribution in [0.2, 0.25) is 0 Å². The van der Waals surface area contributed by atoms with Crippen molar-refractivity contribution in [2.45, 2.75) is 51.2 Å². The van der Waals surface area contributed by atoms with E-state index in [1.54, 1.807) is 0 Å². The molecule has 0 aromatic rings. The lowest BCUT2D eigenvalue weighted by Crippen LogP contribution is -2.54. The molecule has 0 heterocycles. The molecular formula is C13H27N3O4S. The van der Waals surface area contributed by atoms with E-state index in [2.05, 4.69) is 10.0 Å². The van der Waals surface area contributed by atoms with Gasteiger partial charge in [0, 0.05) is 6.54 Å². The van der Waals surface area contributed by atoms with Crippen LogP contribution < -0.4 is 15.8 Å². The van der Waals surface area contributed by atoms with Crippen molar-refractivity contribution in [3.63, 3.8) is 0 Å². The summed E-state index contributed by atoms with van der Waals surface area (Å²) in [6.07, 6.45) is 3.76. The first-order valence-corrected chi connectivity index (χ1v) is 9.04. The Morgan fingerprint density at radius 3 is 2.48 bits per heavy atom. The van der Waals surface area contributed by atoms with Crippen LogP contribution in [0.15, 0.2) is 0 Å². The standard InChI is InChI=1S/C13H27N3O4S/c1-11(2)20-7-8-21(18,19)15-9-12(17)16-13(10-14)5-3-4-6-13/h11,15H,3-10,14H2,1-2H3,(H,16,17). The number of hydrogen-bond donors (Lipinski definition) is 3. The Labute approximate surface area is 127 Å². The fraction of sp³-hybridized carbons (Fsp3) is 0.923. The van der Waals surface area contributed by atoms with Crippen molar-refractivity contribution < 1.29 is 17.9 Å². The first-order valence-electron chi connectivity index (χ1n) is 7.39. The van der Waals surface area contributed by atoms with E-state index in [-0.39, 0.29) is 36.5 Å². The van der Waals surface area contributed by atoms with E-state index in [1.807, 2.05) is 13.8 Å². The highest BCUT2D eigenvalue weighted by Gasteiger charge is 2.33. The Hall–Kier alpha value is -0.700. The zero-order valence-corrected chi connectivity index (χ0v) is 13.7. The van der Waals surface area contributed by atoms with Crippen LogP contribution in [0.5, 0.6) is 0 Å². The number of ether oxygens (including phenoxy) is 1. The average molecular weight is 321 g/mol. The molecule has 124 valence electrons. The number of carbonyl (C=O) groups excluding carboxylic acids is 1. The normalized spacial score (nSPS) is 18.1. The van der Waals surface area contributed by atoms with Gasteiger partial charge in [-0.2, -0.15) is 0 Å². The molecule has 4 N–H and O–H groups in total. The van der Waals surface area contributed by atoms with Gasteiger partial charge in [-0.15, -0.1) is 0 Å². The Morgan fingerprint density at radius 2 is 1.95 bits per heavy atom. The Bertz CT molecular complexity index is 431. The first-order chi connectivity index (χ1) is 9.79. The maximum atomic E-state index is 11.9.